The summed E-state index contributed by atoms with van der Waals surface area (Å²) >= 11 is 0. The Morgan fingerprint density at radius 3 is 2.80 bits per heavy atom. The second-order valence-electron chi connectivity index (χ2n) is 4.69. The van der Waals surface area contributed by atoms with Crippen LogP contribution in [-0.2, 0) is 9.53 Å². The monoisotopic (exact) mass is 277 g/mol. The van der Waals surface area contributed by atoms with Gasteiger partial charge in [0, 0.05) is 13.1 Å². The van der Waals surface area contributed by atoms with Gasteiger partial charge in [-0.2, -0.15) is 0 Å². The molecule has 0 radical (unpaired) electrons. The van der Waals surface area contributed by atoms with E-state index in [2.05, 4.69) is 0 Å². The summed E-state index contributed by atoms with van der Waals surface area (Å²) in [5, 5.41) is 0. The lowest BCUT2D eigenvalue weighted by atomic mass is 10.1. The molecule has 5 nitrogen and oxygen atoms in total. The molecule has 1 amide bonds. The van der Waals surface area contributed by atoms with Crippen molar-refractivity contribution in [1.29, 1.82) is 0 Å². The molecule has 1 fully saturated rings. The van der Waals surface area contributed by atoms with Gasteiger partial charge in [0.1, 0.15) is 5.75 Å². The average Bonchev–Trinajstić information content (AvgIpc) is 2.96. The number of hydrogen-bond donors (Lipinski definition) is 0. The zero-order chi connectivity index (χ0) is 14.5. The molecule has 1 aromatic rings. The number of methoxy groups -OCH3 is 1. The molecule has 2 rings (SSSR count). The lowest BCUT2D eigenvalue weighted by Crippen LogP contribution is -2.30. The molecule has 1 saturated heterocycles. The van der Waals surface area contributed by atoms with Crippen molar-refractivity contribution in [2.24, 2.45) is 5.92 Å². The first-order valence-electron chi connectivity index (χ1n) is 6.76. The Morgan fingerprint density at radius 2 is 2.10 bits per heavy atom. The topological polar surface area (TPSA) is 55.8 Å². The molecule has 1 heterocycles. The third kappa shape index (κ3) is 2.92. The lowest BCUT2D eigenvalue weighted by Gasteiger charge is -2.17. The van der Waals surface area contributed by atoms with Crippen LogP contribution in [0.4, 0.5) is 0 Å². The average molecular weight is 277 g/mol. The fraction of sp³-hybridized carbons (Fsp3) is 0.467. The van der Waals surface area contributed by atoms with Crippen LogP contribution in [-0.4, -0.2) is 43.6 Å². The van der Waals surface area contributed by atoms with Crippen molar-refractivity contribution in [3.05, 3.63) is 29.8 Å². The van der Waals surface area contributed by atoms with E-state index in [9.17, 15) is 9.59 Å². The third-order valence-electron chi connectivity index (χ3n) is 3.43. The van der Waals surface area contributed by atoms with Gasteiger partial charge in [0.15, 0.2) is 0 Å². The molecule has 0 N–H and O–H groups in total. The van der Waals surface area contributed by atoms with Crippen molar-refractivity contribution in [3.63, 3.8) is 0 Å². The van der Waals surface area contributed by atoms with E-state index in [1.807, 2.05) is 6.07 Å². The maximum absolute atomic E-state index is 12.4. The number of rotatable bonds is 4. The van der Waals surface area contributed by atoms with Gasteiger partial charge in [0.05, 0.1) is 25.2 Å². The number of carbonyl (C=O) groups is 2. The second kappa shape index (κ2) is 6.41. The Kier molecular flexibility index (Phi) is 4.61. The van der Waals surface area contributed by atoms with Crippen LogP contribution >= 0.6 is 0 Å². The van der Waals surface area contributed by atoms with Crippen molar-refractivity contribution in [3.8, 4) is 5.75 Å². The summed E-state index contributed by atoms with van der Waals surface area (Å²) in [7, 11) is 1.54. The molecular weight excluding hydrogens is 258 g/mol. The van der Waals surface area contributed by atoms with Crippen molar-refractivity contribution < 1.29 is 19.1 Å². The molecule has 20 heavy (non-hydrogen) atoms. The zero-order valence-corrected chi connectivity index (χ0v) is 11.8. The van der Waals surface area contributed by atoms with E-state index in [0.717, 1.165) is 0 Å². The van der Waals surface area contributed by atoms with E-state index >= 15 is 0 Å². The predicted molar refractivity (Wildman–Crippen MR) is 73.6 cm³/mol. The smallest absolute Gasteiger partial charge is 0.310 e. The van der Waals surface area contributed by atoms with Crippen LogP contribution in [0.15, 0.2) is 24.3 Å². The Morgan fingerprint density at radius 1 is 1.35 bits per heavy atom. The molecule has 0 spiro atoms. The molecule has 0 bridgehead atoms. The first-order valence-corrected chi connectivity index (χ1v) is 6.76. The van der Waals surface area contributed by atoms with E-state index in [1.165, 1.54) is 7.11 Å². The number of esters is 1. The fourth-order valence-corrected chi connectivity index (χ4v) is 2.39. The Hall–Kier alpha value is -2.04. The van der Waals surface area contributed by atoms with Gasteiger partial charge in [-0.1, -0.05) is 12.1 Å². The Bertz CT molecular complexity index is 500. The summed E-state index contributed by atoms with van der Waals surface area (Å²) in [5.41, 5.74) is 0.527. The van der Waals surface area contributed by atoms with E-state index < -0.39 is 0 Å². The minimum atomic E-state index is -0.220. The quantitative estimate of drug-likeness (QED) is 0.786. The van der Waals surface area contributed by atoms with Gasteiger partial charge in [-0.25, -0.2) is 0 Å². The molecule has 1 aliphatic heterocycles. The van der Waals surface area contributed by atoms with Crippen molar-refractivity contribution in [2.75, 3.05) is 26.8 Å². The first kappa shape index (κ1) is 14.4. The minimum Gasteiger partial charge on any atom is -0.496 e. The standard InChI is InChI=1S/C15H19NO4/c1-3-20-15(18)11-8-9-16(10-11)14(17)12-6-4-5-7-13(12)19-2/h4-7,11H,3,8-10H2,1-2H3. The van der Waals surface area contributed by atoms with Crippen LogP contribution in [0.25, 0.3) is 0 Å². The summed E-state index contributed by atoms with van der Waals surface area (Å²) < 4.78 is 10.2. The zero-order valence-electron chi connectivity index (χ0n) is 11.8. The van der Waals surface area contributed by atoms with Crippen LogP contribution in [0.1, 0.15) is 23.7 Å². The molecular formula is C15H19NO4. The van der Waals surface area contributed by atoms with Gasteiger partial charge < -0.3 is 14.4 Å². The van der Waals surface area contributed by atoms with Crippen LogP contribution in [0.5, 0.6) is 5.75 Å². The lowest BCUT2D eigenvalue weighted by molar-refractivity contribution is -0.147. The van der Waals surface area contributed by atoms with Crippen molar-refractivity contribution >= 4 is 11.9 Å². The Labute approximate surface area is 118 Å². The number of likely N-dealkylation sites (tertiary alicyclic amines) is 1. The minimum absolute atomic E-state index is 0.103. The van der Waals surface area contributed by atoms with Gasteiger partial charge in [-0.3, -0.25) is 9.59 Å². The molecule has 1 aromatic carbocycles. The van der Waals surface area contributed by atoms with E-state index in [4.69, 9.17) is 9.47 Å². The molecule has 5 heteroatoms. The van der Waals surface area contributed by atoms with Gasteiger partial charge in [0.25, 0.3) is 5.91 Å². The second-order valence-corrected chi connectivity index (χ2v) is 4.69. The largest absolute Gasteiger partial charge is 0.496 e. The van der Waals surface area contributed by atoms with Crippen LogP contribution in [0.3, 0.4) is 0 Å². The fourth-order valence-electron chi connectivity index (χ4n) is 2.39. The van der Waals surface area contributed by atoms with Gasteiger partial charge in [-0.15, -0.1) is 0 Å². The molecule has 1 atom stereocenters. The summed E-state index contributed by atoms with van der Waals surface area (Å²) in [6.45, 7) is 3.14. The highest BCUT2D eigenvalue weighted by molar-refractivity contribution is 5.97. The van der Waals surface area contributed by atoms with E-state index in [1.54, 1.807) is 30.0 Å². The highest BCUT2D eigenvalue weighted by Gasteiger charge is 2.33. The highest BCUT2D eigenvalue weighted by Crippen LogP contribution is 2.24. The highest BCUT2D eigenvalue weighted by atomic mass is 16.5. The Balaban J connectivity index is 2.06. The van der Waals surface area contributed by atoms with Crippen molar-refractivity contribution in [1.82, 2.24) is 4.90 Å². The van der Waals surface area contributed by atoms with Crippen LogP contribution < -0.4 is 4.74 Å². The van der Waals surface area contributed by atoms with Gasteiger partial charge in [-0.05, 0) is 25.5 Å². The maximum atomic E-state index is 12.4. The summed E-state index contributed by atoms with van der Waals surface area (Å²) in [6, 6.07) is 7.11. The number of para-hydroxylation sites is 1. The molecule has 108 valence electrons. The molecule has 0 aromatic heterocycles. The van der Waals surface area contributed by atoms with Crippen molar-refractivity contribution in [2.45, 2.75) is 13.3 Å². The predicted octanol–water partition coefficient (Wildman–Crippen LogP) is 1.72. The summed E-state index contributed by atoms with van der Waals surface area (Å²) in [5.74, 6) is 0.0165. The maximum Gasteiger partial charge on any atom is 0.310 e. The number of hydrogen-bond acceptors (Lipinski definition) is 4. The first-order chi connectivity index (χ1) is 9.67. The van der Waals surface area contributed by atoms with E-state index in [0.29, 0.717) is 37.4 Å². The van der Waals surface area contributed by atoms with Gasteiger partial charge in [0.2, 0.25) is 0 Å². The third-order valence-corrected chi connectivity index (χ3v) is 3.43. The van der Waals surface area contributed by atoms with Crippen LogP contribution in [0, 0.1) is 5.92 Å². The van der Waals surface area contributed by atoms with Gasteiger partial charge >= 0.3 is 5.97 Å². The molecule has 1 unspecified atom stereocenters. The molecule has 0 saturated carbocycles. The number of benzene rings is 1. The summed E-state index contributed by atoms with van der Waals surface area (Å²) in [4.78, 5) is 25.8. The number of amides is 1. The number of carbonyl (C=O) groups excluding carboxylic acids is 2. The normalized spacial score (nSPS) is 17.9. The SMILES string of the molecule is CCOC(=O)C1CCN(C(=O)c2ccccc2OC)C1. The van der Waals surface area contributed by atoms with E-state index in [-0.39, 0.29) is 17.8 Å². The molecule has 1 aliphatic rings. The number of nitrogens with zero attached hydrogens (tertiary/aromatic N) is 1. The summed E-state index contributed by atoms with van der Waals surface area (Å²) in [6.07, 6.45) is 0.653. The molecule has 0 aliphatic carbocycles. The number of ether oxygens (including phenoxy) is 2. The van der Waals surface area contributed by atoms with Crippen LogP contribution in [0.2, 0.25) is 0 Å².